The second-order valence-corrected chi connectivity index (χ2v) is 2.64. The van der Waals surface area contributed by atoms with Crippen LogP contribution in [0.4, 0.5) is 0 Å². The third kappa shape index (κ3) is 1.63. The average molecular weight is 176 g/mol. The van der Waals surface area contributed by atoms with Gasteiger partial charge in [0.2, 0.25) is 0 Å². The summed E-state index contributed by atoms with van der Waals surface area (Å²) < 4.78 is 0. The van der Waals surface area contributed by atoms with Gasteiger partial charge in [-0.15, -0.1) is 0 Å². The fraction of sp³-hybridized carbons (Fsp3) is 0.0909. The zero-order valence-electron chi connectivity index (χ0n) is 7.33. The molecule has 0 saturated heterocycles. The Morgan fingerprint density at radius 2 is 1.77 bits per heavy atom. The standard InChI is InChI=1S/C11H12O2/c1-3-9-8(7-12)5-6-11(13)10(9)4-2/h3-6,12-13H,1-2,7H2. The van der Waals surface area contributed by atoms with Crippen LogP contribution in [0.2, 0.25) is 0 Å². The van der Waals surface area contributed by atoms with E-state index in [1.807, 2.05) is 0 Å². The van der Waals surface area contributed by atoms with E-state index in [2.05, 4.69) is 13.2 Å². The molecule has 0 atom stereocenters. The normalized spacial score (nSPS) is 9.62. The number of aromatic hydroxyl groups is 1. The summed E-state index contributed by atoms with van der Waals surface area (Å²) in [6.45, 7) is 7.14. The molecule has 1 aromatic carbocycles. The van der Waals surface area contributed by atoms with Crippen LogP contribution in [0, 0.1) is 0 Å². The lowest BCUT2D eigenvalue weighted by molar-refractivity contribution is 0.281. The predicted molar refractivity (Wildman–Crippen MR) is 54.2 cm³/mol. The molecule has 2 N–H and O–H groups in total. The van der Waals surface area contributed by atoms with Crippen molar-refractivity contribution in [3.05, 3.63) is 42.0 Å². The van der Waals surface area contributed by atoms with Gasteiger partial charge in [0.15, 0.2) is 0 Å². The average Bonchev–Trinajstić information content (AvgIpc) is 2.17. The summed E-state index contributed by atoms with van der Waals surface area (Å²) in [7, 11) is 0. The van der Waals surface area contributed by atoms with E-state index in [4.69, 9.17) is 5.11 Å². The van der Waals surface area contributed by atoms with Crippen molar-refractivity contribution in [3.8, 4) is 5.75 Å². The van der Waals surface area contributed by atoms with Gasteiger partial charge >= 0.3 is 0 Å². The molecule has 1 aromatic rings. The zero-order valence-corrected chi connectivity index (χ0v) is 7.33. The number of aliphatic hydroxyl groups is 1. The van der Waals surface area contributed by atoms with Crippen molar-refractivity contribution in [3.63, 3.8) is 0 Å². The summed E-state index contributed by atoms with van der Waals surface area (Å²) >= 11 is 0. The van der Waals surface area contributed by atoms with Crippen molar-refractivity contribution < 1.29 is 10.2 Å². The quantitative estimate of drug-likeness (QED) is 0.741. The van der Waals surface area contributed by atoms with Crippen molar-refractivity contribution in [2.75, 3.05) is 0 Å². The van der Waals surface area contributed by atoms with Crippen molar-refractivity contribution in [2.45, 2.75) is 6.61 Å². The van der Waals surface area contributed by atoms with Gasteiger partial charge in [-0.25, -0.2) is 0 Å². The maximum atomic E-state index is 9.44. The number of aliphatic hydroxyl groups excluding tert-OH is 1. The van der Waals surface area contributed by atoms with E-state index < -0.39 is 0 Å². The largest absolute Gasteiger partial charge is 0.507 e. The predicted octanol–water partition coefficient (Wildman–Crippen LogP) is 2.17. The Labute approximate surface area is 77.5 Å². The topological polar surface area (TPSA) is 40.5 Å². The monoisotopic (exact) mass is 176 g/mol. The van der Waals surface area contributed by atoms with Crippen molar-refractivity contribution in [2.24, 2.45) is 0 Å². The molecule has 0 amide bonds. The molecule has 2 heteroatoms. The maximum Gasteiger partial charge on any atom is 0.123 e. The molecule has 68 valence electrons. The lowest BCUT2D eigenvalue weighted by Crippen LogP contribution is -1.91. The minimum absolute atomic E-state index is 0.0670. The lowest BCUT2D eigenvalue weighted by atomic mass is 10.0. The Morgan fingerprint density at radius 1 is 1.15 bits per heavy atom. The van der Waals surface area contributed by atoms with E-state index in [-0.39, 0.29) is 12.4 Å². The van der Waals surface area contributed by atoms with Gasteiger partial charge in [0.05, 0.1) is 6.61 Å². The van der Waals surface area contributed by atoms with Gasteiger partial charge in [-0.1, -0.05) is 31.4 Å². The molecule has 1 rings (SSSR count). The zero-order chi connectivity index (χ0) is 9.84. The van der Waals surface area contributed by atoms with Gasteiger partial charge < -0.3 is 10.2 Å². The number of phenolic OH excluding ortho intramolecular Hbond substituents is 1. The molecule has 0 spiro atoms. The number of benzene rings is 1. The number of phenols is 1. The summed E-state index contributed by atoms with van der Waals surface area (Å²) in [6, 6.07) is 3.20. The summed E-state index contributed by atoms with van der Waals surface area (Å²) in [5.74, 6) is 0.155. The highest BCUT2D eigenvalue weighted by Gasteiger charge is 2.06. The van der Waals surface area contributed by atoms with Gasteiger partial charge in [0.1, 0.15) is 5.75 Å². The first kappa shape index (κ1) is 9.55. The molecule has 2 nitrogen and oxygen atoms in total. The van der Waals surface area contributed by atoms with Crippen LogP contribution in [-0.4, -0.2) is 10.2 Å². The first-order chi connectivity index (χ1) is 6.24. The first-order valence-corrected chi connectivity index (χ1v) is 3.95. The van der Waals surface area contributed by atoms with Crippen LogP contribution in [0.25, 0.3) is 12.2 Å². The molecule has 0 aliphatic rings. The smallest absolute Gasteiger partial charge is 0.123 e. The van der Waals surface area contributed by atoms with Crippen LogP contribution in [0.1, 0.15) is 16.7 Å². The highest BCUT2D eigenvalue weighted by Crippen LogP contribution is 2.26. The molecular weight excluding hydrogens is 164 g/mol. The molecule has 0 heterocycles. The summed E-state index contributed by atoms with van der Waals surface area (Å²) in [5, 5.41) is 18.4. The van der Waals surface area contributed by atoms with Gasteiger partial charge in [-0.2, -0.15) is 0 Å². The maximum absolute atomic E-state index is 9.44. The van der Waals surface area contributed by atoms with Crippen LogP contribution in [-0.2, 0) is 6.61 Å². The van der Waals surface area contributed by atoms with Crippen molar-refractivity contribution in [1.82, 2.24) is 0 Å². The fourth-order valence-corrected chi connectivity index (χ4v) is 1.26. The highest BCUT2D eigenvalue weighted by molar-refractivity contribution is 5.70. The minimum Gasteiger partial charge on any atom is -0.507 e. The van der Waals surface area contributed by atoms with Gasteiger partial charge in [0.25, 0.3) is 0 Å². The summed E-state index contributed by atoms with van der Waals surface area (Å²) in [4.78, 5) is 0. The second-order valence-electron chi connectivity index (χ2n) is 2.64. The third-order valence-corrected chi connectivity index (χ3v) is 1.93. The van der Waals surface area contributed by atoms with Crippen LogP contribution in [0.5, 0.6) is 5.75 Å². The van der Waals surface area contributed by atoms with Gasteiger partial charge in [-0.05, 0) is 17.2 Å². The molecule has 13 heavy (non-hydrogen) atoms. The van der Waals surface area contributed by atoms with Crippen molar-refractivity contribution >= 4 is 12.2 Å². The number of rotatable bonds is 3. The van der Waals surface area contributed by atoms with E-state index >= 15 is 0 Å². The van der Waals surface area contributed by atoms with Crippen LogP contribution < -0.4 is 0 Å². The molecule has 0 aromatic heterocycles. The molecule has 0 aliphatic carbocycles. The lowest BCUT2D eigenvalue weighted by Gasteiger charge is -2.08. The van der Waals surface area contributed by atoms with E-state index in [0.717, 1.165) is 11.1 Å². The Kier molecular flexibility index (Phi) is 2.88. The fourth-order valence-electron chi connectivity index (χ4n) is 1.26. The minimum atomic E-state index is -0.0670. The summed E-state index contributed by atoms with van der Waals surface area (Å²) in [5.41, 5.74) is 2.08. The molecule has 0 bridgehead atoms. The Bertz CT molecular complexity index is 340. The van der Waals surface area contributed by atoms with Crippen molar-refractivity contribution in [1.29, 1.82) is 0 Å². The Morgan fingerprint density at radius 3 is 2.23 bits per heavy atom. The van der Waals surface area contributed by atoms with Gasteiger partial charge in [0, 0.05) is 5.56 Å². The molecule has 0 saturated carbocycles. The summed E-state index contributed by atoms with van der Waals surface area (Å²) in [6.07, 6.45) is 3.15. The molecule has 0 fully saturated rings. The number of hydrogen-bond acceptors (Lipinski definition) is 2. The van der Waals surface area contributed by atoms with E-state index in [0.29, 0.717) is 5.56 Å². The Balaban J connectivity index is 3.44. The van der Waals surface area contributed by atoms with Crippen LogP contribution in [0.3, 0.4) is 0 Å². The Hall–Kier alpha value is -1.54. The van der Waals surface area contributed by atoms with Crippen LogP contribution >= 0.6 is 0 Å². The molecule has 0 radical (unpaired) electrons. The van der Waals surface area contributed by atoms with E-state index in [1.54, 1.807) is 18.2 Å². The SMILES string of the molecule is C=Cc1c(O)ccc(CO)c1C=C. The second kappa shape index (κ2) is 3.92. The third-order valence-electron chi connectivity index (χ3n) is 1.93. The molecule has 0 aliphatic heterocycles. The van der Waals surface area contributed by atoms with Gasteiger partial charge in [-0.3, -0.25) is 0 Å². The highest BCUT2D eigenvalue weighted by atomic mass is 16.3. The number of hydrogen-bond donors (Lipinski definition) is 2. The first-order valence-electron chi connectivity index (χ1n) is 3.95. The van der Waals surface area contributed by atoms with Crippen LogP contribution in [0.15, 0.2) is 25.3 Å². The molecular formula is C11H12O2. The molecule has 0 unspecified atom stereocenters. The van der Waals surface area contributed by atoms with E-state index in [9.17, 15) is 5.11 Å². The van der Waals surface area contributed by atoms with E-state index in [1.165, 1.54) is 6.07 Å².